The molecule has 1 fully saturated rings. The molecule has 0 saturated heterocycles. The minimum Gasteiger partial charge on any atom is -0.495 e. The first-order chi connectivity index (χ1) is 7.85. The van der Waals surface area contributed by atoms with Gasteiger partial charge in [0.15, 0.2) is 0 Å². The van der Waals surface area contributed by atoms with Gasteiger partial charge in [-0.05, 0) is 31.4 Å². The maximum atomic E-state index is 9.07. The monoisotopic (exact) mass is 222 g/mol. The molecular weight excluding hydrogens is 204 g/mol. The molecule has 0 atom stereocenters. The number of aliphatic hydroxyl groups is 1. The molecule has 1 aromatic heterocycles. The zero-order valence-electron chi connectivity index (χ0n) is 9.59. The molecule has 4 heteroatoms. The van der Waals surface area contributed by atoms with Gasteiger partial charge >= 0.3 is 0 Å². The number of hydrogen-bond donors (Lipinski definition) is 1. The van der Waals surface area contributed by atoms with Crippen LogP contribution in [0.4, 0.5) is 5.82 Å². The number of aromatic nitrogens is 1. The number of ether oxygens (including phenoxy) is 1. The highest BCUT2D eigenvalue weighted by Crippen LogP contribution is 2.28. The molecule has 0 aliphatic heterocycles. The molecule has 0 radical (unpaired) electrons. The number of methoxy groups -OCH3 is 1. The van der Waals surface area contributed by atoms with Gasteiger partial charge < -0.3 is 14.7 Å². The van der Waals surface area contributed by atoms with Gasteiger partial charge in [-0.15, -0.1) is 0 Å². The fourth-order valence-corrected chi connectivity index (χ4v) is 1.95. The van der Waals surface area contributed by atoms with Crippen molar-refractivity contribution in [2.45, 2.75) is 25.3 Å². The number of hydrogen-bond acceptors (Lipinski definition) is 4. The number of pyridine rings is 1. The quantitative estimate of drug-likeness (QED) is 0.819. The predicted octanol–water partition coefficient (Wildman–Crippen LogP) is 1.44. The van der Waals surface area contributed by atoms with Gasteiger partial charge in [0, 0.05) is 12.6 Å². The van der Waals surface area contributed by atoms with Crippen molar-refractivity contribution in [3.8, 4) is 5.75 Å². The molecule has 1 aliphatic rings. The first kappa shape index (κ1) is 11.2. The lowest BCUT2D eigenvalue weighted by molar-refractivity contribution is 0.283. The third-order valence-electron chi connectivity index (χ3n) is 3.11. The minimum absolute atomic E-state index is 0.171. The van der Waals surface area contributed by atoms with Gasteiger partial charge in [-0.3, -0.25) is 0 Å². The van der Waals surface area contributed by atoms with Gasteiger partial charge in [0.25, 0.3) is 0 Å². The van der Waals surface area contributed by atoms with Crippen LogP contribution in [0.1, 0.15) is 19.3 Å². The van der Waals surface area contributed by atoms with Crippen LogP contribution in [-0.2, 0) is 0 Å². The Morgan fingerprint density at radius 2 is 2.31 bits per heavy atom. The molecule has 1 saturated carbocycles. The van der Waals surface area contributed by atoms with E-state index in [1.165, 1.54) is 19.3 Å². The Morgan fingerprint density at radius 1 is 1.50 bits per heavy atom. The van der Waals surface area contributed by atoms with Crippen LogP contribution in [0.3, 0.4) is 0 Å². The first-order valence-electron chi connectivity index (χ1n) is 5.72. The SMILES string of the molecule is COc1ccc(N(CCO)C2CCC2)nc1. The van der Waals surface area contributed by atoms with E-state index in [4.69, 9.17) is 9.84 Å². The zero-order chi connectivity index (χ0) is 11.4. The number of rotatable bonds is 5. The Kier molecular flexibility index (Phi) is 3.62. The summed E-state index contributed by atoms with van der Waals surface area (Å²) in [5, 5.41) is 9.07. The summed E-state index contributed by atoms with van der Waals surface area (Å²) < 4.78 is 5.08. The summed E-state index contributed by atoms with van der Waals surface area (Å²) in [6.45, 7) is 0.828. The number of nitrogens with zero attached hydrogens (tertiary/aromatic N) is 2. The average molecular weight is 222 g/mol. The molecule has 0 amide bonds. The maximum absolute atomic E-state index is 9.07. The van der Waals surface area contributed by atoms with E-state index in [0.717, 1.165) is 11.6 Å². The van der Waals surface area contributed by atoms with E-state index in [9.17, 15) is 0 Å². The molecule has 0 unspecified atom stereocenters. The Labute approximate surface area is 95.9 Å². The van der Waals surface area contributed by atoms with Crippen molar-refractivity contribution in [2.24, 2.45) is 0 Å². The van der Waals surface area contributed by atoms with Crippen molar-refractivity contribution in [3.05, 3.63) is 18.3 Å². The van der Waals surface area contributed by atoms with Crippen molar-refractivity contribution < 1.29 is 9.84 Å². The third kappa shape index (κ3) is 2.27. The van der Waals surface area contributed by atoms with Gasteiger partial charge in [-0.1, -0.05) is 0 Å². The first-order valence-corrected chi connectivity index (χ1v) is 5.72. The summed E-state index contributed by atoms with van der Waals surface area (Å²) in [4.78, 5) is 6.54. The van der Waals surface area contributed by atoms with Crippen LogP contribution in [-0.4, -0.2) is 36.4 Å². The van der Waals surface area contributed by atoms with Crippen molar-refractivity contribution in [3.63, 3.8) is 0 Å². The Balaban J connectivity index is 2.10. The van der Waals surface area contributed by atoms with E-state index < -0.39 is 0 Å². The molecule has 1 N–H and O–H groups in total. The highest BCUT2D eigenvalue weighted by Gasteiger charge is 2.25. The fourth-order valence-electron chi connectivity index (χ4n) is 1.95. The second-order valence-corrected chi connectivity index (χ2v) is 4.06. The number of anilines is 1. The molecular formula is C12H18N2O2. The standard InChI is InChI=1S/C12H18N2O2/c1-16-11-5-6-12(13-9-11)14(7-8-15)10-3-2-4-10/h5-6,9-10,15H,2-4,7-8H2,1H3. The molecule has 2 rings (SSSR count). The minimum atomic E-state index is 0.171. The molecule has 1 aromatic rings. The molecule has 0 bridgehead atoms. The average Bonchev–Trinajstić information content (AvgIpc) is 2.26. The topological polar surface area (TPSA) is 45.6 Å². The molecule has 0 aromatic carbocycles. The van der Waals surface area contributed by atoms with Gasteiger partial charge in [-0.25, -0.2) is 4.98 Å². The Hall–Kier alpha value is -1.29. The summed E-state index contributed by atoms with van der Waals surface area (Å²) >= 11 is 0. The van der Waals surface area contributed by atoms with Crippen LogP contribution in [0.15, 0.2) is 18.3 Å². The molecule has 88 valence electrons. The summed E-state index contributed by atoms with van der Waals surface area (Å²) in [6.07, 6.45) is 5.41. The Bertz CT molecular complexity index is 322. The summed E-state index contributed by atoms with van der Waals surface area (Å²) in [5.74, 6) is 1.70. The molecule has 4 nitrogen and oxygen atoms in total. The second kappa shape index (κ2) is 5.16. The maximum Gasteiger partial charge on any atom is 0.137 e. The highest BCUT2D eigenvalue weighted by atomic mass is 16.5. The molecule has 0 spiro atoms. The van der Waals surface area contributed by atoms with E-state index >= 15 is 0 Å². The fraction of sp³-hybridized carbons (Fsp3) is 0.583. The van der Waals surface area contributed by atoms with Crippen molar-refractivity contribution in [1.29, 1.82) is 0 Å². The van der Waals surface area contributed by atoms with Gasteiger partial charge in [-0.2, -0.15) is 0 Å². The van der Waals surface area contributed by atoms with Crippen molar-refractivity contribution in [2.75, 3.05) is 25.2 Å². The molecule has 1 heterocycles. The zero-order valence-corrected chi connectivity index (χ0v) is 9.59. The van der Waals surface area contributed by atoms with E-state index in [-0.39, 0.29) is 6.61 Å². The van der Waals surface area contributed by atoms with Crippen molar-refractivity contribution in [1.82, 2.24) is 4.98 Å². The van der Waals surface area contributed by atoms with Crippen LogP contribution in [0, 0.1) is 0 Å². The largest absolute Gasteiger partial charge is 0.495 e. The second-order valence-electron chi connectivity index (χ2n) is 4.06. The lowest BCUT2D eigenvalue weighted by atomic mass is 9.91. The van der Waals surface area contributed by atoms with Crippen LogP contribution in [0.25, 0.3) is 0 Å². The highest BCUT2D eigenvalue weighted by molar-refractivity contribution is 5.42. The smallest absolute Gasteiger partial charge is 0.137 e. The van der Waals surface area contributed by atoms with Gasteiger partial charge in [0.1, 0.15) is 11.6 Å². The van der Waals surface area contributed by atoms with Gasteiger partial charge in [0.2, 0.25) is 0 Å². The van der Waals surface area contributed by atoms with Crippen LogP contribution < -0.4 is 9.64 Å². The normalized spacial score (nSPS) is 15.6. The van der Waals surface area contributed by atoms with Crippen LogP contribution in [0.5, 0.6) is 5.75 Å². The number of aliphatic hydroxyl groups excluding tert-OH is 1. The van der Waals surface area contributed by atoms with Crippen molar-refractivity contribution >= 4 is 5.82 Å². The van der Waals surface area contributed by atoms with Crippen LogP contribution in [0.2, 0.25) is 0 Å². The summed E-state index contributed by atoms with van der Waals surface area (Å²) in [7, 11) is 1.63. The summed E-state index contributed by atoms with van der Waals surface area (Å²) in [5.41, 5.74) is 0. The molecule has 16 heavy (non-hydrogen) atoms. The lowest BCUT2D eigenvalue weighted by Crippen LogP contribution is -2.42. The lowest BCUT2D eigenvalue weighted by Gasteiger charge is -2.38. The predicted molar refractivity (Wildman–Crippen MR) is 62.9 cm³/mol. The van der Waals surface area contributed by atoms with Gasteiger partial charge in [0.05, 0.1) is 19.9 Å². The Morgan fingerprint density at radius 3 is 2.75 bits per heavy atom. The van der Waals surface area contributed by atoms with E-state index in [2.05, 4.69) is 9.88 Å². The van der Waals surface area contributed by atoms with E-state index in [1.54, 1.807) is 13.3 Å². The summed E-state index contributed by atoms with van der Waals surface area (Å²) in [6, 6.07) is 4.41. The molecule has 1 aliphatic carbocycles. The van der Waals surface area contributed by atoms with E-state index in [0.29, 0.717) is 12.6 Å². The van der Waals surface area contributed by atoms with Crippen LogP contribution >= 0.6 is 0 Å². The van der Waals surface area contributed by atoms with E-state index in [1.807, 2.05) is 12.1 Å². The third-order valence-corrected chi connectivity index (χ3v) is 3.11.